The number of primary amides is 1. The molecular weight excluding hydrogens is 327 g/mol. The van der Waals surface area contributed by atoms with E-state index in [-0.39, 0.29) is 23.6 Å². The maximum absolute atomic E-state index is 14.0. The van der Waals surface area contributed by atoms with Gasteiger partial charge in [-0.2, -0.15) is 4.52 Å². The first-order valence-corrected chi connectivity index (χ1v) is 7.74. The number of nitrogens with two attached hydrogens (primary N) is 1. The van der Waals surface area contributed by atoms with Crippen molar-refractivity contribution in [3.05, 3.63) is 51.8 Å². The SMILES string of the molecule is Cn1c2c(c3nc(-c4ccccc4F)nn3c1=O)CN(C(N)=O)CC2. The van der Waals surface area contributed by atoms with Crippen LogP contribution in [0.1, 0.15) is 11.3 Å². The van der Waals surface area contributed by atoms with E-state index in [9.17, 15) is 14.0 Å². The number of urea groups is 1. The van der Waals surface area contributed by atoms with Crippen LogP contribution in [0.5, 0.6) is 0 Å². The predicted molar refractivity (Wildman–Crippen MR) is 87.3 cm³/mol. The van der Waals surface area contributed by atoms with E-state index in [1.807, 2.05) is 0 Å². The van der Waals surface area contributed by atoms with Crippen molar-refractivity contribution in [2.45, 2.75) is 13.0 Å². The summed E-state index contributed by atoms with van der Waals surface area (Å²) in [4.78, 5) is 29.9. The maximum atomic E-state index is 14.0. The Labute approximate surface area is 141 Å². The van der Waals surface area contributed by atoms with E-state index in [1.165, 1.54) is 15.5 Å². The number of hydrogen-bond acceptors (Lipinski definition) is 4. The Balaban J connectivity index is 1.98. The van der Waals surface area contributed by atoms with Gasteiger partial charge in [0.15, 0.2) is 11.5 Å². The van der Waals surface area contributed by atoms with E-state index < -0.39 is 11.8 Å². The number of aromatic nitrogens is 4. The van der Waals surface area contributed by atoms with Gasteiger partial charge in [-0.1, -0.05) is 12.1 Å². The molecule has 25 heavy (non-hydrogen) atoms. The van der Waals surface area contributed by atoms with E-state index in [2.05, 4.69) is 10.1 Å². The van der Waals surface area contributed by atoms with Gasteiger partial charge >= 0.3 is 11.7 Å². The van der Waals surface area contributed by atoms with Gasteiger partial charge in [-0.3, -0.25) is 4.57 Å². The van der Waals surface area contributed by atoms with E-state index in [1.54, 1.807) is 25.2 Å². The monoisotopic (exact) mass is 342 g/mol. The summed E-state index contributed by atoms with van der Waals surface area (Å²) in [6.45, 7) is 0.664. The average Bonchev–Trinajstić information content (AvgIpc) is 3.05. The molecule has 128 valence electrons. The number of halogens is 1. The second-order valence-corrected chi connectivity index (χ2v) is 5.93. The molecule has 8 nitrogen and oxygen atoms in total. The minimum absolute atomic E-state index is 0.125. The van der Waals surface area contributed by atoms with Crippen LogP contribution in [-0.2, 0) is 20.0 Å². The highest BCUT2D eigenvalue weighted by atomic mass is 19.1. The van der Waals surface area contributed by atoms with Crippen LogP contribution < -0.4 is 11.4 Å². The molecule has 1 aliphatic heterocycles. The molecule has 3 heterocycles. The lowest BCUT2D eigenvalue weighted by Crippen LogP contribution is -2.42. The molecule has 2 N–H and O–H groups in total. The topological polar surface area (TPSA) is 98.5 Å². The Kier molecular flexibility index (Phi) is 3.31. The highest BCUT2D eigenvalue weighted by Gasteiger charge is 2.26. The minimum Gasteiger partial charge on any atom is -0.351 e. The van der Waals surface area contributed by atoms with Crippen molar-refractivity contribution < 1.29 is 9.18 Å². The molecule has 0 bridgehead atoms. The second-order valence-electron chi connectivity index (χ2n) is 5.93. The van der Waals surface area contributed by atoms with E-state index >= 15 is 0 Å². The van der Waals surface area contributed by atoms with Crippen LogP contribution in [0, 0.1) is 5.82 Å². The third-order valence-corrected chi connectivity index (χ3v) is 4.49. The van der Waals surface area contributed by atoms with Crippen molar-refractivity contribution in [3.8, 4) is 11.4 Å². The van der Waals surface area contributed by atoms with Crippen LogP contribution in [0.2, 0.25) is 0 Å². The van der Waals surface area contributed by atoms with Crippen molar-refractivity contribution in [1.82, 2.24) is 24.1 Å². The lowest BCUT2D eigenvalue weighted by Gasteiger charge is -2.28. The molecule has 0 saturated heterocycles. The van der Waals surface area contributed by atoms with Gasteiger partial charge in [0, 0.05) is 31.3 Å². The molecule has 0 aliphatic carbocycles. The number of hydrogen-bond donors (Lipinski definition) is 1. The third kappa shape index (κ3) is 2.27. The summed E-state index contributed by atoms with van der Waals surface area (Å²) in [5, 5.41) is 4.18. The summed E-state index contributed by atoms with van der Waals surface area (Å²) in [7, 11) is 1.64. The molecule has 2 aromatic heterocycles. The molecule has 0 spiro atoms. The van der Waals surface area contributed by atoms with Gasteiger partial charge in [-0.15, -0.1) is 5.10 Å². The largest absolute Gasteiger partial charge is 0.351 e. The molecular formula is C16H15FN6O2. The van der Waals surface area contributed by atoms with Gasteiger partial charge in [0.1, 0.15) is 5.82 Å². The number of carbonyl (C=O) groups is 1. The predicted octanol–water partition coefficient (Wildman–Crippen LogP) is 0.671. The van der Waals surface area contributed by atoms with Crippen LogP contribution in [0.15, 0.2) is 29.1 Å². The standard InChI is InChI=1S/C16H15FN6O2/c1-21-12-6-7-22(15(18)24)8-10(12)14-19-13(20-23(14)16(21)25)9-4-2-3-5-11(9)17/h2-5H,6-8H2,1H3,(H2,18,24). The van der Waals surface area contributed by atoms with Gasteiger partial charge < -0.3 is 10.6 Å². The number of nitrogens with zero attached hydrogens (tertiary/aromatic N) is 5. The maximum Gasteiger partial charge on any atom is 0.350 e. The number of amides is 2. The van der Waals surface area contributed by atoms with Crippen LogP contribution in [0.25, 0.3) is 17.0 Å². The average molecular weight is 342 g/mol. The molecule has 0 atom stereocenters. The molecule has 9 heteroatoms. The fourth-order valence-electron chi connectivity index (χ4n) is 3.17. The van der Waals surface area contributed by atoms with Crippen LogP contribution >= 0.6 is 0 Å². The van der Waals surface area contributed by atoms with Gasteiger partial charge in [-0.25, -0.2) is 19.0 Å². The number of benzene rings is 1. The molecule has 1 aliphatic rings. The van der Waals surface area contributed by atoms with Gasteiger partial charge in [0.2, 0.25) is 0 Å². The molecule has 0 fully saturated rings. The summed E-state index contributed by atoms with van der Waals surface area (Å²) in [5.74, 6) is -0.345. The zero-order valence-electron chi connectivity index (χ0n) is 13.4. The molecule has 1 aromatic carbocycles. The smallest absolute Gasteiger partial charge is 0.350 e. The summed E-state index contributed by atoms with van der Waals surface area (Å²) in [5.41, 5.74) is 7.02. The molecule has 3 aromatic rings. The van der Waals surface area contributed by atoms with Crippen LogP contribution in [0.3, 0.4) is 0 Å². The van der Waals surface area contributed by atoms with E-state index in [4.69, 9.17) is 5.73 Å². The number of rotatable bonds is 1. The fourth-order valence-corrected chi connectivity index (χ4v) is 3.17. The van der Waals surface area contributed by atoms with E-state index in [0.29, 0.717) is 24.2 Å². The lowest BCUT2D eigenvalue weighted by molar-refractivity contribution is 0.201. The summed E-state index contributed by atoms with van der Waals surface area (Å²) in [6, 6.07) is 5.57. The van der Waals surface area contributed by atoms with Crippen molar-refractivity contribution in [1.29, 1.82) is 0 Å². The Morgan fingerprint density at radius 3 is 2.80 bits per heavy atom. The molecule has 0 radical (unpaired) electrons. The Morgan fingerprint density at radius 2 is 2.08 bits per heavy atom. The molecule has 2 amide bonds. The summed E-state index contributed by atoms with van der Waals surface area (Å²) in [6.07, 6.45) is 0.488. The molecule has 0 unspecified atom stereocenters. The van der Waals surface area contributed by atoms with Crippen molar-refractivity contribution in [2.75, 3.05) is 6.54 Å². The quantitative estimate of drug-likeness (QED) is 0.703. The van der Waals surface area contributed by atoms with Crippen molar-refractivity contribution in [2.24, 2.45) is 12.8 Å². The number of carbonyl (C=O) groups excluding carboxylic acids is 1. The van der Waals surface area contributed by atoms with Crippen LogP contribution in [0.4, 0.5) is 9.18 Å². The molecule has 4 rings (SSSR count). The Bertz CT molecular complexity index is 1070. The van der Waals surface area contributed by atoms with Crippen molar-refractivity contribution in [3.63, 3.8) is 0 Å². The summed E-state index contributed by atoms with van der Waals surface area (Å²) < 4.78 is 16.7. The summed E-state index contributed by atoms with van der Waals surface area (Å²) >= 11 is 0. The normalized spacial score (nSPS) is 13.9. The fraction of sp³-hybridized carbons (Fsp3) is 0.250. The van der Waals surface area contributed by atoms with Gasteiger partial charge in [0.05, 0.1) is 12.1 Å². The Morgan fingerprint density at radius 1 is 1.32 bits per heavy atom. The first-order chi connectivity index (χ1) is 12.0. The number of fused-ring (bicyclic) bond motifs is 3. The minimum atomic E-state index is -0.536. The first-order valence-electron chi connectivity index (χ1n) is 7.74. The van der Waals surface area contributed by atoms with Crippen LogP contribution in [-0.4, -0.2) is 36.6 Å². The lowest BCUT2D eigenvalue weighted by atomic mass is 10.1. The highest BCUT2D eigenvalue weighted by Crippen LogP contribution is 2.24. The Hall–Kier alpha value is -3.23. The van der Waals surface area contributed by atoms with Gasteiger partial charge in [-0.05, 0) is 12.1 Å². The zero-order chi connectivity index (χ0) is 17.7. The first kappa shape index (κ1) is 15.3. The zero-order valence-corrected chi connectivity index (χ0v) is 13.4. The highest BCUT2D eigenvalue weighted by molar-refractivity contribution is 5.73. The van der Waals surface area contributed by atoms with E-state index in [0.717, 1.165) is 10.2 Å². The molecule has 0 saturated carbocycles. The van der Waals surface area contributed by atoms with Crippen molar-refractivity contribution >= 4 is 11.7 Å². The second kappa shape index (κ2) is 5.40. The third-order valence-electron chi connectivity index (χ3n) is 4.49. The van der Waals surface area contributed by atoms with Gasteiger partial charge in [0.25, 0.3) is 0 Å².